The van der Waals surface area contributed by atoms with Gasteiger partial charge in [0.05, 0.1) is 18.9 Å². The van der Waals surface area contributed by atoms with Gasteiger partial charge in [-0.1, -0.05) is 11.6 Å². The van der Waals surface area contributed by atoms with Gasteiger partial charge in [-0.15, -0.1) is 0 Å². The highest BCUT2D eigenvalue weighted by molar-refractivity contribution is 6.30. The molecule has 0 spiro atoms. The van der Waals surface area contributed by atoms with Crippen molar-refractivity contribution < 1.29 is 4.74 Å². The fourth-order valence-corrected chi connectivity index (χ4v) is 1.13. The minimum Gasteiger partial charge on any atom is -0.495 e. The zero-order valence-electron chi connectivity index (χ0n) is 7.17. The first-order valence-corrected chi connectivity index (χ1v) is 4.10. The van der Waals surface area contributed by atoms with Gasteiger partial charge in [0, 0.05) is 5.02 Å². The van der Waals surface area contributed by atoms with Crippen LogP contribution in [0.4, 0.5) is 5.69 Å². The Morgan fingerprint density at radius 1 is 1.62 bits per heavy atom. The predicted molar refractivity (Wildman–Crippen MR) is 52.1 cm³/mol. The molecule has 1 rings (SSSR count). The quantitative estimate of drug-likeness (QED) is 0.755. The molecule has 0 aliphatic heterocycles. The molecule has 0 heterocycles. The molecule has 0 saturated heterocycles. The van der Waals surface area contributed by atoms with Gasteiger partial charge >= 0.3 is 0 Å². The molecule has 13 heavy (non-hydrogen) atoms. The molecule has 0 unspecified atom stereocenters. The van der Waals surface area contributed by atoms with Gasteiger partial charge < -0.3 is 10.1 Å². The molecule has 0 aliphatic rings. The van der Waals surface area contributed by atoms with E-state index in [1.807, 2.05) is 6.07 Å². The van der Waals surface area contributed by atoms with E-state index < -0.39 is 0 Å². The smallest absolute Gasteiger partial charge is 0.142 e. The second-order valence-corrected chi connectivity index (χ2v) is 2.79. The van der Waals surface area contributed by atoms with Gasteiger partial charge in [-0.25, -0.2) is 0 Å². The summed E-state index contributed by atoms with van der Waals surface area (Å²) in [5.41, 5.74) is 0.733. The highest BCUT2D eigenvalue weighted by Crippen LogP contribution is 2.27. The third-order valence-electron chi connectivity index (χ3n) is 1.52. The average Bonchev–Trinajstić information content (AvgIpc) is 2.15. The number of hydrogen-bond donors (Lipinski definition) is 1. The highest BCUT2D eigenvalue weighted by Gasteiger charge is 2.01. The van der Waals surface area contributed by atoms with Gasteiger partial charge in [0.15, 0.2) is 0 Å². The third kappa shape index (κ3) is 2.53. The molecule has 1 aromatic rings. The first-order chi connectivity index (χ1) is 6.27. The van der Waals surface area contributed by atoms with E-state index in [4.69, 9.17) is 21.6 Å². The number of ether oxygens (including phenoxy) is 1. The molecule has 0 aromatic heterocycles. The Labute approximate surface area is 81.9 Å². The lowest BCUT2D eigenvalue weighted by Crippen LogP contribution is -2.00. The van der Waals surface area contributed by atoms with Gasteiger partial charge in [0.25, 0.3) is 0 Å². The van der Waals surface area contributed by atoms with Crippen molar-refractivity contribution in [1.82, 2.24) is 0 Å². The second kappa shape index (κ2) is 4.58. The van der Waals surface area contributed by atoms with Crippen molar-refractivity contribution in [2.45, 2.75) is 0 Å². The number of anilines is 1. The molecule has 0 atom stereocenters. The Morgan fingerprint density at radius 2 is 2.38 bits per heavy atom. The first kappa shape index (κ1) is 9.69. The van der Waals surface area contributed by atoms with E-state index in [0.29, 0.717) is 10.8 Å². The molecule has 0 amide bonds. The fourth-order valence-electron chi connectivity index (χ4n) is 0.953. The van der Waals surface area contributed by atoms with E-state index in [1.54, 1.807) is 25.3 Å². The minimum absolute atomic E-state index is 0.233. The van der Waals surface area contributed by atoms with Crippen molar-refractivity contribution in [3.63, 3.8) is 0 Å². The number of rotatable bonds is 3. The standard InChI is InChI=1S/C9H9ClN2O/c1-13-9-3-2-7(10)6-8(9)12-5-4-11/h2-3,6,12H,5H2,1H3. The lowest BCUT2D eigenvalue weighted by atomic mass is 10.3. The molecule has 0 saturated carbocycles. The molecule has 0 aliphatic carbocycles. The Kier molecular flexibility index (Phi) is 3.41. The van der Waals surface area contributed by atoms with E-state index >= 15 is 0 Å². The van der Waals surface area contributed by atoms with Crippen LogP contribution < -0.4 is 10.1 Å². The van der Waals surface area contributed by atoms with Gasteiger partial charge in [0.2, 0.25) is 0 Å². The van der Waals surface area contributed by atoms with Crippen LogP contribution in [-0.4, -0.2) is 13.7 Å². The fraction of sp³-hybridized carbons (Fsp3) is 0.222. The molecule has 3 nitrogen and oxygen atoms in total. The lowest BCUT2D eigenvalue weighted by molar-refractivity contribution is 0.416. The van der Waals surface area contributed by atoms with Gasteiger partial charge in [-0.05, 0) is 18.2 Å². The van der Waals surface area contributed by atoms with Crippen LogP contribution in [0.25, 0.3) is 0 Å². The van der Waals surface area contributed by atoms with Crippen LogP contribution in [-0.2, 0) is 0 Å². The molecule has 1 aromatic carbocycles. The van der Waals surface area contributed by atoms with Crippen LogP contribution >= 0.6 is 11.6 Å². The average molecular weight is 197 g/mol. The van der Waals surface area contributed by atoms with E-state index in [0.717, 1.165) is 5.69 Å². The number of halogens is 1. The molecule has 1 N–H and O–H groups in total. The third-order valence-corrected chi connectivity index (χ3v) is 1.75. The first-order valence-electron chi connectivity index (χ1n) is 3.72. The van der Waals surface area contributed by atoms with Crippen molar-refractivity contribution in [2.75, 3.05) is 19.0 Å². The maximum Gasteiger partial charge on any atom is 0.142 e. The summed E-state index contributed by atoms with van der Waals surface area (Å²) < 4.78 is 5.07. The van der Waals surface area contributed by atoms with Crippen molar-refractivity contribution >= 4 is 17.3 Å². The summed E-state index contributed by atoms with van der Waals surface area (Å²) in [6.07, 6.45) is 0. The summed E-state index contributed by atoms with van der Waals surface area (Å²) in [4.78, 5) is 0. The van der Waals surface area contributed by atoms with Gasteiger partial charge in [0.1, 0.15) is 12.3 Å². The Balaban J connectivity index is 2.89. The number of benzene rings is 1. The van der Waals surface area contributed by atoms with Crippen LogP contribution in [0.3, 0.4) is 0 Å². The molecular weight excluding hydrogens is 188 g/mol. The van der Waals surface area contributed by atoms with E-state index in [2.05, 4.69) is 5.32 Å². The zero-order valence-corrected chi connectivity index (χ0v) is 7.93. The minimum atomic E-state index is 0.233. The largest absolute Gasteiger partial charge is 0.495 e. The Morgan fingerprint density at radius 3 is 3.00 bits per heavy atom. The van der Waals surface area contributed by atoms with Crippen molar-refractivity contribution in [3.05, 3.63) is 23.2 Å². The maximum atomic E-state index is 8.37. The summed E-state index contributed by atoms with van der Waals surface area (Å²) in [7, 11) is 1.57. The van der Waals surface area contributed by atoms with Crippen LogP contribution in [0.5, 0.6) is 5.75 Å². The topological polar surface area (TPSA) is 45.0 Å². The van der Waals surface area contributed by atoms with Gasteiger partial charge in [-0.2, -0.15) is 5.26 Å². The van der Waals surface area contributed by atoms with Crippen molar-refractivity contribution in [3.8, 4) is 11.8 Å². The molecule has 68 valence electrons. The van der Waals surface area contributed by atoms with Crippen molar-refractivity contribution in [1.29, 1.82) is 5.26 Å². The molecular formula is C9H9ClN2O. The Hall–Kier alpha value is -1.40. The number of nitrogens with one attached hydrogen (secondary N) is 1. The number of nitrogens with zero attached hydrogens (tertiary/aromatic N) is 1. The lowest BCUT2D eigenvalue weighted by Gasteiger charge is -2.08. The van der Waals surface area contributed by atoms with Crippen LogP contribution in [0.15, 0.2) is 18.2 Å². The Bertz CT molecular complexity index is 333. The summed E-state index contributed by atoms with van der Waals surface area (Å²) in [5.74, 6) is 0.680. The van der Waals surface area contributed by atoms with Crippen LogP contribution in [0.2, 0.25) is 5.02 Å². The zero-order chi connectivity index (χ0) is 9.68. The summed E-state index contributed by atoms with van der Waals surface area (Å²) in [5, 5.41) is 11.9. The normalized spacial score (nSPS) is 9.00. The van der Waals surface area contributed by atoms with E-state index in [-0.39, 0.29) is 6.54 Å². The molecule has 4 heteroatoms. The van der Waals surface area contributed by atoms with E-state index in [9.17, 15) is 0 Å². The summed E-state index contributed by atoms with van der Waals surface area (Å²) >= 11 is 5.77. The number of methoxy groups -OCH3 is 1. The number of hydrogen-bond acceptors (Lipinski definition) is 3. The van der Waals surface area contributed by atoms with Crippen LogP contribution in [0.1, 0.15) is 0 Å². The van der Waals surface area contributed by atoms with Crippen molar-refractivity contribution in [2.24, 2.45) is 0 Å². The highest BCUT2D eigenvalue weighted by atomic mass is 35.5. The van der Waals surface area contributed by atoms with E-state index in [1.165, 1.54) is 0 Å². The molecule has 0 bridgehead atoms. The summed E-state index contributed by atoms with van der Waals surface area (Å²) in [6, 6.07) is 7.18. The molecule has 0 radical (unpaired) electrons. The SMILES string of the molecule is COc1ccc(Cl)cc1NCC#N. The second-order valence-electron chi connectivity index (χ2n) is 2.36. The van der Waals surface area contributed by atoms with Gasteiger partial charge in [-0.3, -0.25) is 0 Å². The predicted octanol–water partition coefficient (Wildman–Crippen LogP) is 2.28. The summed E-state index contributed by atoms with van der Waals surface area (Å²) in [6.45, 7) is 0.233. The monoisotopic (exact) mass is 196 g/mol. The van der Waals surface area contributed by atoms with Crippen LogP contribution in [0, 0.1) is 11.3 Å². The number of nitriles is 1. The molecule has 0 fully saturated rings. The maximum absolute atomic E-state index is 8.37.